The Kier molecular flexibility index (Phi) is 8.35. The number of carbonyl (C=O) groups is 2. The van der Waals surface area contributed by atoms with Crippen LogP contribution in [0.15, 0.2) is 0 Å². The molecular formula is C11H22N2O6S. The van der Waals surface area contributed by atoms with Gasteiger partial charge in [0, 0.05) is 33.7 Å². The molecule has 1 amide bonds. The molecule has 2 N–H and O–H groups in total. The lowest BCUT2D eigenvalue weighted by atomic mass is 10.3. The van der Waals surface area contributed by atoms with Crippen molar-refractivity contribution in [1.29, 1.82) is 0 Å². The predicted molar refractivity (Wildman–Crippen MR) is 72.8 cm³/mol. The van der Waals surface area contributed by atoms with E-state index in [2.05, 4.69) is 5.32 Å². The molecule has 0 aromatic rings. The van der Waals surface area contributed by atoms with E-state index in [1.165, 1.54) is 21.0 Å². The lowest BCUT2D eigenvalue weighted by Gasteiger charge is -2.25. The van der Waals surface area contributed by atoms with Crippen molar-refractivity contribution in [3.05, 3.63) is 0 Å². The predicted octanol–water partition coefficient (Wildman–Crippen LogP) is -0.736. The summed E-state index contributed by atoms with van der Waals surface area (Å²) in [5.74, 6) is -1.73. The molecule has 0 aromatic heterocycles. The van der Waals surface area contributed by atoms with Gasteiger partial charge in [-0.1, -0.05) is 0 Å². The van der Waals surface area contributed by atoms with Gasteiger partial charge in [-0.2, -0.15) is 4.31 Å². The fourth-order valence-corrected chi connectivity index (χ4v) is 3.20. The van der Waals surface area contributed by atoms with Gasteiger partial charge in [-0.05, 0) is 13.3 Å². The molecule has 118 valence electrons. The van der Waals surface area contributed by atoms with Crippen LogP contribution in [0.3, 0.4) is 0 Å². The van der Waals surface area contributed by atoms with Gasteiger partial charge in [0.25, 0.3) is 0 Å². The highest BCUT2D eigenvalue weighted by atomic mass is 32.2. The number of sulfonamides is 1. The summed E-state index contributed by atoms with van der Waals surface area (Å²) >= 11 is 0. The molecule has 0 rings (SSSR count). The molecule has 0 saturated heterocycles. The second-order valence-corrected chi connectivity index (χ2v) is 6.31. The molecule has 0 spiro atoms. The molecule has 0 aliphatic carbocycles. The van der Waals surface area contributed by atoms with Crippen LogP contribution in [0.2, 0.25) is 0 Å². The molecule has 0 saturated carbocycles. The Hall–Kier alpha value is -1.19. The van der Waals surface area contributed by atoms with Crippen LogP contribution in [0.4, 0.5) is 0 Å². The van der Waals surface area contributed by atoms with Crippen molar-refractivity contribution < 1.29 is 27.9 Å². The van der Waals surface area contributed by atoms with E-state index in [1.54, 1.807) is 0 Å². The molecular weight excluding hydrogens is 288 g/mol. The molecule has 20 heavy (non-hydrogen) atoms. The highest BCUT2D eigenvalue weighted by Gasteiger charge is 2.30. The van der Waals surface area contributed by atoms with Crippen LogP contribution < -0.4 is 5.32 Å². The van der Waals surface area contributed by atoms with Crippen LogP contribution in [-0.2, 0) is 24.3 Å². The molecule has 0 heterocycles. The summed E-state index contributed by atoms with van der Waals surface area (Å²) in [6.07, 6.45) is 0.280. The molecule has 0 radical (unpaired) electrons. The van der Waals surface area contributed by atoms with Gasteiger partial charge in [0.1, 0.15) is 6.04 Å². The van der Waals surface area contributed by atoms with Crippen LogP contribution in [0.1, 0.15) is 20.3 Å². The topological polar surface area (TPSA) is 113 Å². The summed E-state index contributed by atoms with van der Waals surface area (Å²) in [6, 6.07) is -1.18. The minimum absolute atomic E-state index is 0.0659. The van der Waals surface area contributed by atoms with E-state index in [-0.39, 0.29) is 37.8 Å². The first-order chi connectivity index (χ1) is 9.22. The Morgan fingerprint density at radius 2 is 2.00 bits per heavy atom. The molecule has 0 bridgehead atoms. The zero-order chi connectivity index (χ0) is 15.8. The van der Waals surface area contributed by atoms with Gasteiger partial charge in [0.05, 0.1) is 5.75 Å². The highest BCUT2D eigenvalue weighted by molar-refractivity contribution is 7.89. The average Bonchev–Trinajstić information content (AvgIpc) is 2.33. The minimum Gasteiger partial charge on any atom is -0.480 e. The number of carbonyl (C=O) groups excluding carboxylic acids is 1. The van der Waals surface area contributed by atoms with Crippen molar-refractivity contribution in [1.82, 2.24) is 9.62 Å². The van der Waals surface area contributed by atoms with Crippen molar-refractivity contribution in [3.8, 4) is 0 Å². The van der Waals surface area contributed by atoms with E-state index < -0.39 is 22.0 Å². The summed E-state index contributed by atoms with van der Waals surface area (Å²) < 4.78 is 29.9. The number of nitrogens with one attached hydrogen (secondary N) is 1. The van der Waals surface area contributed by atoms with Gasteiger partial charge in [0.2, 0.25) is 15.9 Å². The second-order valence-electron chi connectivity index (χ2n) is 4.27. The standard InChI is InChI=1S/C11H22N2O6S/c1-9(11(15)16)13(6-5-12-10(2)14)20(17,18)8-4-7-19-3/h9H,4-8H2,1-3H3,(H,12,14)(H,15,16). The van der Waals surface area contributed by atoms with Gasteiger partial charge < -0.3 is 15.2 Å². The monoisotopic (exact) mass is 310 g/mol. The zero-order valence-corrected chi connectivity index (χ0v) is 12.8. The van der Waals surface area contributed by atoms with Crippen LogP contribution in [0.5, 0.6) is 0 Å². The summed E-state index contributed by atoms with van der Waals surface area (Å²) in [7, 11) is -2.26. The van der Waals surface area contributed by atoms with Crippen molar-refractivity contribution in [2.24, 2.45) is 0 Å². The third-order valence-electron chi connectivity index (χ3n) is 2.60. The maximum absolute atomic E-state index is 12.1. The van der Waals surface area contributed by atoms with Gasteiger partial charge in [-0.25, -0.2) is 8.42 Å². The van der Waals surface area contributed by atoms with Crippen molar-refractivity contribution in [3.63, 3.8) is 0 Å². The molecule has 1 unspecified atom stereocenters. The van der Waals surface area contributed by atoms with Gasteiger partial charge >= 0.3 is 5.97 Å². The normalized spacial score (nSPS) is 13.2. The number of aliphatic carboxylic acids is 1. The number of carboxylic acid groups (broad SMARTS) is 1. The number of methoxy groups -OCH3 is 1. The number of carboxylic acids is 1. The van der Waals surface area contributed by atoms with Gasteiger partial charge in [0.15, 0.2) is 0 Å². The van der Waals surface area contributed by atoms with E-state index in [0.29, 0.717) is 0 Å². The summed E-state index contributed by atoms with van der Waals surface area (Å²) in [5, 5.41) is 11.4. The SMILES string of the molecule is COCCCS(=O)(=O)N(CCNC(C)=O)C(C)C(=O)O. The Morgan fingerprint density at radius 1 is 1.40 bits per heavy atom. The van der Waals surface area contributed by atoms with Crippen molar-refractivity contribution in [2.75, 3.05) is 32.6 Å². The number of hydrogen-bond donors (Lipinski definition) is 2. The van der Waals surface area contributed by atoms with Crippen molar-refractivity contribution in [2.45, 2.75) is 26.3 Å². The summed E-state index contributed by atoms with van der Waals surface area (Å²) in [5.41, 5.74) is 0. The van der Waals surface area contributed by atoms with Crippen molar-refractivity contribution >= 4 is 21.9 Å². The lowest BCUT2D eigenvalue weighted by Crippen LogP contribution is -2.47. The molecule has 8 nitrogen and oxygen atoms in total. The summed E-state index contributed by atoms with van der Waals surface area (Å²) in [4.78, 5) is 21.8. The van der Waals surface area contributed by atoms with E-state index in [4.69, 9.17) is 9.84 Å². The minimum atomic E-state index is -3.72. The highest BCUT2D eigenvalue weighted by Crippen LogP contribution is 2.09. The Balaban J connectivity index is 4.81. The third-order valence-corrected chi connectivity index (χ3v) is 4.62. The van der Waals surface area contributed by atoms with E-state index in [1.807, 2.05) is 0 Å². The average molecular weight is 310 g/mol. The molecule has 9 heteroatoms. The third kappa shape index (κ3) is 6.83. The Morgan fingerprint density at radius 3 is 2.45 bits per heavy atom. The van der Waals surface area contributed by atoms with Crippen LogP contribution in [-0.4, -0.2) is 68.3 Å². The Labute approximate surface area is 119 Å². The maximum atomic E-state index is 12.1. The smallest absolute Gasteiger partial charge is 0.321 e. The van der Waals surface area contributed by atoms with Gasteiger partial charge in [-0.3, -0.25) is 9.59 Å². The van der Waals surface area contributed by atoms with E-state index >= 15 is 0 Å². The zero-order valence-electron chi connectivity index (χ0n) is 12.0. The van der Waals surface area contributed by atoms with Crippen LogP contribution in [0.25, 0.3) is 0 Å². The molecule has 0 aliphatic heterocycles. The quantitative estimate of drug-likeness (QED) is 0.514. The van der Waals surface area contributed by atoms with Crippen LogP contribution >= 0.6 is 0 Å². The first kappa shape index (κ1) is 18.8. The molecule has 0 fully saturated rings. The maximum Gasteiger partial charge on any atom is 0.321 e. The number of rotatable bonds is 10. The fraction of sp³-hybridized carbons (Fsp3) is 0.818. The number of ether oxygens (including phenoxy) is 1. The Bertz CT molecular complexity index is 423. The summed E-state index contributed by atoms with van der Waals surface area (Å²) in [6.45, 7) is 2.86. The fourth-order valence-electron chi connectivity index (χ4n) is 1.54. The van der Waals surface area contributed by atoms with E-state index in [0.717, 1.165) is 4.31 Å². The van der Waals surface area contributed by atoms with E-state index in [9.17, 15) is 18.0 Å². The lowest BCUT2D eigenvalue weighted by molar-refractivity contribution is -0.140. The number of amides is 1. The number of nitrogens with zero attached hydrogens (tertiary/aromatic N) is 1. The second kappa shape index (κ2) is 8.88. The molecule has 0 aromatic carbocycles. The first-order valence-electron chi connectivity index (χ1n) is 6.18. The first-order valence-corrected chi connectivity index (χ1v) is 7.79. The molecule has 1 atom stereocenters. The van der Waals surface area contributed by atoms with Crippen LogP contribution in [0, 0.1) is 0 Å². The van der Waals surface area contributed by atoms with Gasteiger partial charge in [-0.15, -0.1) is 0 Å². The number of hydrogen-bond acceptors (Lipinski definition) is 5. The largest absolute Gasteiger partial charge is 0.480 e. The molecule has 0 aliphatic rings.